The quantitative estimate of drug-likeness (QED) is 0.869. The fraction of sp³-hybridized carbons (Fsp3) is 0.250. The average Bonchev–Trinajstić information content (AvgIpc) is 2.42. The van der Waals surface area contributed by atoms with E-state index in [9.17, 15) is 13.2 Å². The highest BCUT2D eigenvalue weighted by molar-refractivity contribution is 7.99. The zero-order valence-electron chi connectivity index (χ0n) is 11.8. The summed E-state index contributed by atoms with van der Waals surface area (Å²) in [6.45, 7) is 3.78. The summed E-state index contributed by atoms with van der Waals surface area (Å²) >= 11 is 1.34. The smallest absolute Gasteiger partial charge is 0.326 e. The number of halogens is 3. The van der Waals surface area contributed by atoms with Crippen LogP contribution in [0, 0.1) is 13.8 Å². The maximum absolute atomic E-state index is 13.0. The molecular formula is C16H16F3NS. The Morgan fingerprint density at radius 2 is 1.76 bits per heavy atom. The van der Waals surface area contributed by atoms with Gasteiger partial charge >= 0.3 is 6.18 Å². The highest BCUT2D eigenvalue weighted by Crippen LogP contribution is 2.37. The average molecular weight is 311 g/mol. The molecular weight excluding hydrogens is 295 g/mol. The molecule has 1 nitrogen and oxygen atoms in total. The Labute approximate surface area is 126 Å². The van der Waals surface area contributed by atoms with E-state index in [0.29, 0.717) is 4.90 Å². The molecule has 0 aliphatic rings. The van der Waals surface area contributed by atoms with Crippen molar-refractivity contribution in [3.63, 3.8) is 0 Å². The zero-order valence-corrected chi connectivity index (χ0v) is 12.6. The van der Waals surface area contributed by atoms with Crippen molar-refractivity contribution in [3.05, 3.63) is 58.7 Å². The minimum atomic E-state index is -4.38. The zero-order chi connectivity index (χ0) is 15.6. The van der Waals surface area contributed by atoms with E-state index in [4.69, 9.17) is 5.73 Å². The van der Waals surface area contributed by atoms with Gasteiger partial charge in [-0.25, -0.2) is 0 Å². The lowest BCUT2D eigenvalue weighted by molar-refractivity contribution is -0.138. The van der Waals surface area contributed by atoms with Crippen molar-refractivity contribution in [2.45, 2.75) is 36.4 Å². The van der Waals surface area contributed by atoms with Crippen LogP contribution in [0.1, 0.15) is 22.3 Å². The van der Waals surface area contributed by atoms with E-state index < -0.39 is 11.7 Å². The summed E-state index contributed by atoms with van der Waals surface area (Å²) in [6, 6.07) is 10.2. The summed E-state index contributed by atoms with van der Waals surface area (Å²) in [5.74, 6) is 0. The van der Waals surface area contributed by atoms with E-state index in [2.05, 4.69) is 0 Å². The van der Waals surface area contributed by atoms with Crippen molar-refractivity contribution >= 4 is 11.8 Å². The third kappa shape index (κ3) is 3.80. The first-order valence-electron chi connectivity index (χ1n) is 6.46. The van der Waals surface area contributed by atoms with Gasteiger partial charge in [-0.05, 0) is 48.7 Å². The molecule has 2 rings (SSSR count). The van der Waals surface area contributed by atoms with E-state index in [0.717, 1.165) is 16.0 Å². The molecule has 0 fully saturated rings. The van der Waals surface area contributed by atoms with E-state index in [1.165, 1.54) is 23.9 Å². The maximum atomic E-state index is 13.0. The molecule has 0 spiro atoms. The third-order valence-electron chi connectivity index (χ3n) is 3.18. The van der Waals surface area contributed by atoms with Crippen LogP contribution in [-0.2, 0) is 12.7 Å². The fourth-order valence-electron chi connectivity index (χ4n) is 2.01. The van der Waals surface area contributed by atoms with Gasteiger partial charge in [-0.1, -0.05) is 30.0 Å². The lowest BCUT2D eigenvalue weighted by Crippen LogP contribution is -2.11. The number of hydrogen-bond acceptors (Lipinski definition) is 2. The molecule has 2 aromatic rings. The summed E-state index contributed by atoms with van der Waals surface area (Å²) in [5.41, 5.74) is 6.98. The first-order chi connectivity index (χ1) is 9.81. The van der Waals surface area contributed by atoms with E-state index in [1.54, 1.807) is 6.07 Å². The Balaban J connectivity index is 2.39. The van der Waals surface area contributed by atoms with Crippen LogP contribution in [0.25, 0.3) is 0 Å². The van der Waals surface area contributed by atoms with E-state index in [-0.39, 0.29) is 12.1 Å². The summed E-state index contributed by atoms with van der Waals surface area (Å²) in [6.07, 6.45) is -4.38. The van der Waals surface area contributed by atoms with Gasteiger partial charge in [0.2, 0.25) is 0 Å². The van der Waals surface area contributed by atoms with Crippen LogP contribution in [0.4, 0.5) is 13.2 Å². The number of benzene rings is 2. The van der Waals surface area contributed by atoms with E-state index in [1.807, 2.05) is 32.0 Å². The molecule has 112 valence electrons. The molecule has 0 aromatic heterocycles. The summed E-state index contributed by atoms with van der Waals surface area (Å²) in [7, 11) is 0. The van der Waals surface area contributed by atoms with Crippen LogP contribution >= 0.6 is 11.8 Å². The number of rotatable bonds is 3. The first kappa shape index (κ1) is 15.9. The molecule has 0 bridgehead atoms. The second kappa shape index (κ2) is 6.12. The van der Waals surface area contributed by atoms with Crippen molar-refractivity contribution in [2.75, 3.05) is 0 Å². The molecule has 0 unspecified atom stereocenters. The second-order valence-electron chi connectivity index (χ2n) is 4.89. The predicted octanol–water partition coefficient (Wildman–Crippen LogP) is 4.93. The van der Waals surface area contributed by atoms with Crippen LogP contribution < -0.4 is 5.73 Å². The highest BCUT2D eigenvalue weighted by Gasteiger charge is 2.33. The maximum Gasteiger partial charge on any atom is 0.416 e. The standard InChI is InChI=1S/C16H16F3NS/c1-10-3-4-11(2)15(7-10)21-13-6-5-12(9-20)14(8-13)16(17,18)19/h3-8H,9,20H2,1-2H3. The molecule has 0 aliphatic heterocycles. The molecule has 2 N–H and O–H groups in total. The Hall–Kier alpha value is -1.46. The molecule has 5 heteroatoms. The minimum absolute atomic E-state index is 0.118. The van der Waals surface area contributed by atoms with Gasteiger partial charge in [-0.2, -0.15) is 13.2 Å². The molecule has 21 heavy (non-hydrogen) atoms. The second-order valence-corrected chi connectivity index (χ2v) is 6.01. The van der Waals surface area contributed by atoms with Gasteiger partial charge in [0.15, 0.2) is 0 Å². The lowest BCUT2D eigenvalue weighted by Gasteiger charge is -2.14. The number of nitrogens with two attached hydrogens (primary N) is 1. The van der Waals surface area contributed by atoms with Crippen molar-refractivity contribution in [1.29, 1.82) is 0 Å². The Morgan fingerprint density at radius 3 is 2.38 bits per heavy atom. The molecule has 0 heterocycles. The lowest BCUT2D eigenvalue weighted by atomic mass is 10.1. The van der Waals surface area contributed by atoms with Crippen molar-refractivity contribution in [3.8, 4) is 0 Å². The molecule has 0 amide bonds. The molecule has 2 aromatic carbocycles. The SMILES string of the molecule is Cc1ccc(C)c(Sc2ccc(CN)c(C(F)(F)F)c2)c1. The number of aryl methyl sites for hydroxylation is 2. The van der Waals surface area contributed by atoms with Crippen molar-refractivity contribution in [1.82, 2.24) is 0 Å². The number of alkyl halides is 3. The third-order valence-corrected chi connectivity index (χ3v) is 4.33. The van der Waals surface area contributed by atoms with Gasteiger partial charge in [0.05, 0.1) is 5.56 Å². The van der Waals surface area contributed by atoms with Gasteiger partial charge in [0.25, 0.3) is 0 Å². The van der Waals surface area contributed by atoms with Gasteiger partial charge < -0.3 is 5.73 Å². The summed E-state index contributed by atoms with van der Waals surface area (Å²) < 4.78 is 39.1. The topological polar surface area (TPSA) is 26.0 Å². The van der Waals surface area contributed by atoms with E-state index >= 15 is 0 Å². The Bertz CT molecular complexity index is 650. The fourth-order valence-corrected chi connectivity index (χ4v) is 3.05. The Morgan fingerprint density at radius 1 is 1.05 bits per heavy atom. The van der Waals surface area contributed by atoms with Crippen LogP contribution in [-0.4, -0.2) is 0 Å². The molecule has 0 saturated heterocycles. The molecule has 0 saturated carbocycles. The number of hydrogen-bond donors (Lipinski definition) is 1. The van der Waals surface area contributed by atoms with Crippen LogP contribution in [0.5, 0.6) is 0 Å². The van der Waals surface area contributed by atoms with Crippen molar-refractivity contribution in [2.24, 2.45) is 5.73 Å². The summed E-state index contributed by atoms with van der Waals surface area (Å²) in [4.78, 5) is 1.52. The summed E-state index contributed by atoms with van der Waals surface area (Å²) in [5, 5.41) is 0. The monoisotopic (exact) mass is 311 g/mol. The molecule has 0 atom stereocenters. The van der Waals surface area contributed by atoms with Gasteiger partial charge in [0, 0.05) is 16.3 Å². The van der Waals surface area contributed by atoms with Gasteiger partial charge in [-0.15, -0.1) is 0 Å². The van der Waals surface area contributed by atoms with Gasteiger partial charge in [0.1, 0.15) is 0 Å². The van der Waals surface area contributed by atoms with Crippen LogP contribution in [0.3, 0.4) is 0 Å². The largest absolute Gasteiger partial charge is 0.416 e. The Kier molecular flexibility index (Phi) is 4.64. The van der Waals surface area contributed by atoms with Crippen LogP contribution in [0.15, 0.2) is 46.2 Å². The molecule has 0 aliphatic carbocycles. The predicted molar refractivity (Wildman–Crippen MR) is 79.4 cm³/mol. The normalized spacial score (nSPS) is 11.7. The van der Waals surface area contributed by atoms with Crippen molar-refractivity contribution < 1.29 is 13.2 Å². The molecule has 0 radical (unpaired) electrons. The first-order valence-corrected chi connectivity index (χ1v) is 7.28. The minimum Gasteiger partial charge on any atom is -0.326 e. The van der Waals surface area contributed by atoms with Gasteiger partial charge in [-0.3, -0.25) is 0 Å². The van der Waals surface area contributed by atoms with Crippen LogP contribution in [0.2, 0.25) is 0 Å². The highest BCUT2D eigenvalue weighted by atomic mass is 32.2.